The summed E-state index contributed by atoms with van der Waals surface area (Å²) in [6.07, 6.45) is 3.47. The van der Waals surface area contributed by atoms with Crippen molar-refractivity contribution in [2.24, 2.45) is 0 Å². The van der Waals surface area contributed by atoms with Gasteiger partial charge in [0.2, 0.25) is 0 Å². The van der Waals surface area contributed by atoms with Crippen molar-refractivity contribution in [1.29, 1.82) is 0 Å². The van der Waals surface area contributed by atoms with Crippen LogP contribution < -0.4 is 0 Å². The molecule has 0 amide bonds. The van der Waals surface area contributed by atoms with Crippen molar-refractivity contribution in [2.45, 2.75) is 24.8 Å². The summed E-state index contributed by atoms with van der Waals surface area (Å²) in [5, 5.41) is 8.66. The molecule has 0 spiro atoms. The molecular formula is C7H15NO. The zero-order valence-electron chi connectivity index (χ0n) is 6.22. The van der Waals surface area contributed by atoms with Crippen molar-refractivity contribution in [3.63, 3.8) is 0 Å². The summed E-state index contributed by atoms with van der Waals surface area (Å²) >= 11 is 0. The van der Waals surface area contributed by atoms with Crippen LogP contribution in [0.2, 0.25) is 0 Å². The molecular weight excluding hydrogens is 114 g/mol. The van der Waals surface area contributed by atoms with E-state index >= 15 is 0 Å². The molecule has 0 aliphatic heterocycles. The molecule has 0 unspecified atom stereocenters. The van der Waals surface area contributed by atoms with Crippen LogP contribution in [-0.4, -0.2) is 36.2 Å². The highest BCUT2D eigenvalue weighted by Gasteiger charge is 2.43. The van der Waals surface area contributed by atoms with E-state index in [1.54, 1.807) is 0 Å². The normalized spacial score (nSPS) is 22.7. The molecule has 54 valence electrons. The lowest BCUT2D eigenvalue weighted by atomic mass is 10.2. The standard InChI is InChI=1S/C7H15NO/c1-8(2)7(3-4-7)5-6-9/h9H,3-6H2,1-2H3. The predicted molar refractivity (Wildman–Crippen MR) is 37.4 cm³/mol. The molecule has 9 heavy (non-hydrogen) atoms. The number of aliphatic hydroxyl groups is 1. The molecule has 2 nitrogen and oxygen atoms in total. The fourth-order valence-corrected chi connectivity index (χ4v) is 1.27. The van der Waals surface area contributed by atoms with Gasteiger partial charge in [-0.2, -0.15) is 0 Å². The van der Waals surface area contributed by atoms with Crippen molar-refractivity contribution in [2.75, 3.05) is 20.7 Å². The molecule has 0 bridgehead atoms. The van der Waals surface area contributed by atoms with Crippen LogP contribution >= 0.6 is 0 Å². The molecule has 1 saturated carbocycles. The maximum Gasteiger partial charge on any atom is 0.0448 e. The fraction of sp³-hybridized carbons (Fsp3) is 1.00. The van der Waals surface area contributed by atoms with Gasteiger partial charge in [0, 0.05) is 12.1 Å². The Morgan fingerprint density at radius 1 is 1.44 bits per heavy atom. The first-order valence-electron chi connectivity index (χ1n) is 3.49. The largest absolute Gasteiger partial charge is 0.396 e. The van der Waals surface area contributed by atoms with E-state index in [4.69, 9.17) is 5.11 Å². The van der Waals surface area contributed by atoms with E-state index in [0.717, 1.165) is 6.42 Å². The van der Waals surface area contributed by atoms with Crippen LogP contribution in [0, 0.1) is 0 Å². The van der Waals surface area contributed by atoms with Crippen LogP contribution in [-0.2, 0) is 0 Å². The van der Waals surface area contributed by atoms with Crippen LogP contribution in [0.25, 0.3) is 0 Å². The smallest absolute Gasteiger partial charge is 0.0448 e. The Balaban J connectivity index is 2.33. The molecule has 1 rings (SSSR count). The van der Waals surface area contributed by atoms with Crippen molar-refractivity contribution in [1.82, 2.24) is 4.90 Å². The minimum absolute atomic E-state index is 0.332. The number of aliphatic hydroxyl groups excluding tert-OH is 1. The third-order valence-corrected chi connectivity index (χ3v) is 2.35. The average Bonchev–Trinajstić information content (AvgIpc) is 2.49. The highest BCUT2D eigenvalue weighted by atomic mass is 16.3. The van der Waals surface area contributed by atoms with Gasteiger partial charge in [0.25, 0.3) is 0 Å². The quantitative estimate of drug-likeness (QED) is 0.598. The Morgan fingerprint density at radius 2 is 2.00 bits per heavy atom. The van der Waals surface area contributed by atoms with E-state index < -0.39 is 0 Å². The van der Waals surface area contributed by atoms with Gasteiger partial charge in [0.1, 0.15) is 0 Å². The van der Waals surface area contributed by atoms with Gasteiger partial charge in [-0.1, -0.05) is 0 Å². The van der Waals surface area contributed by atoms with Gasteiger partial charge in [-0.05, 0) is 33.4 Å². The van der Waals surface area contributed by atoms with Gasteiger partial charge >= 0.3 is 0 Å². The number of hydrogen-bond acceptors (Lipinski definition) is 2. The van der Waals surface area contributed by atoms with Crippen LogP contribution in [0.4, 0.5) is 0 Å². The summed E-state index contributed by atoms with van der Waals surface area (Å²) in [4.78, 5) is 2.23. The molecule has 0 atom stereocenters. The third kappa shape index (κ3) is 1.25. The molecule has 1 aliphatic rings. The molecule has 0 aromatic heterocycles. The SMILES string of the molecule is CN(C)C1(CCO)CC1. The summed E-state index contributed by atoms with van der Waals surface area (Å²) in [6.45, 7) is 0.332. The Morgan fingerprint density at radius 3 is 2.11 bits per heavy atom. The highest BCUT2D eigenvalue weighted by molar-refractivity contribution is 5.01. The first-order valence-corrected chi connectivity index (χ1v) is 3.49. The number of hydrogen-bond donors (Lipinski definition) is 1. The second-order valence-electron chi connectivity index (χ2n) is 3.09. The minimum Gasteiger partial charge on any atom is -0.396 e. The van der Waals surface area contributed by atoms with E-state index in [2.05, 4.69) is 19.0 Å². The summed E-state index contributed by atoms with van der Waals surface area (Å²) < 4.78 is 0. The Labute approximate surface area is 56.5 Å². The topological polar surface area (TPSA) is 23.5 Å². The maximum absolute atomic E-state index is 8.66. The van der Waals surface area contributed by atoms with Crippen molar-refractivity contribution in [3.8, 4) is 0 Å². The molecule has 1 N–H and O–H groups in total. The lowest BCUT2D eigenvalue weighted by molar-refractivity contribution is 0.194. The highest BCUT2D eigenvalue weighted by Crippen LogP contribution is 2.42. The first-order chi connectivity index (χ1) is 4.21. The van der Waals surface area contributed by atoms with Crippen LogP contribution in [0.3, 0.4) is 0 Å². The van der Waals surface area contributed by atoms with Gasteiger partial charge in [-0.25, -0.2) is 0 Å². The average molecular weight is 129 g/mol. The molecule has 2 heteroatoms. The second-order valence-corrected chi connectivity index (χ2v) is 3.09. The van der Waals surface area contributed by atoms with Crippen LogP contribution in [0.15, 0.2) is 0 Å². The summed E-state index contributed by atoms with van der Waals surface area (Å²) in [5.74, 6) is 0. The lowest BCUT2D eigenvalue weighted by Crippen LogP contribution is -2.30. The van der Waals surface area contributed by atoms with E-state index in [1.165, 1.54) is 12.8 Å². The van der Waals surface area contributed by atoms with Gasteiger partial charge in [-0.3, -0.25) is 0 Å². The Hall–Kier alpha value is -0.0800. The molecule has 0 radical (unpaired) electrons. The summed E-state index contributed by atoms with van der Waals surface area (Å²) in [5.41, 5.74) is 0.384. The molecule has 0 aromatic rings. The zero-order chi connectivity index (χ0) is 6.91. The van der Waals surface area contributed by atoms with Crippen LogP contribution in [0.1, 0.15) is 19.3 Å². The van der Waals surface area contributed by atoms with Gasteiger partial charge < -0.3 is 10.0 Å². The van der Waals surface area contributed by atoms with Crippen LogP contribution in [0.5, 0.6) is 0 Å². The molecule has 1 fully saturated rings. The predicted octanol–water partition coefficient (Wildman–Crippen LogP) is 0.463. The van der Waals surface area contributed by atoms with E-state index in [9.17, 15) is 0 Å². The molecule has 0 saturated heterocycles. The zero-order valence-corrected chi connectivity index (χ0v) is 6.22. The molecule has 0 heterocycles. The third-order valence-electron chi connectivity index (χ3n) is 2.35. The number of rotatable bonds is 3. The minimum atomic E-state index is 0.332. The fourth-order valence-electron chi connectivity index (χ4n) is 1.27. The van der Waals surface area contributed by atoms with Crippen molar-refractivity contribution >= 4 is 0 Å². The monoisotopic (exact) mass is 129 g/mol. The lowest BCUT2D eigenvalue weighted by Gasteiger charge is -2.22. The Kier molecular flexibility index (Phi) is 1.78. The Bertz CT molecular complexity index is 97.1. The second kappa shape index (κ2) is 2.27. The number of nitrogens with zero attached hydrogens (tertiary/aromatic N) is 1. The van der Waals surface area contributed by atoms with Crippen molar-refractivity contribution < 1.29 is 5.11 Å². The van der Waals surface area contributed by atoms with Gasteiger partial charge in [0.05, 0.1) is 0 Å². The van der Waals surface area contributed by atoms with Gasteiger partial charge in [-0.15, -0.1) is 0 Å². The summed E-state index contributed by atoms with van der Waals surface area (Å²) in [6, 6.07) is 0. The molecule has 0 aromatic carbocycles. The van der Waals surface area contributed by atoms with Crippen molar-refractivity contribution in [3.05, 3.63) is 0 Å². The first kappa shape index (κ1) is 7.03. The van der Waals surface area contributed by atoms with Gasteiger partial charge in [0.15, 0.2) is 0 Å². The van der Waals surface area contributed by atoms with E-state index in [1.807, 2.05) is 0 Å². The molecule has 1 aliphatic carbocycles. The maximum atomic E-state index is 8.66. The van der Waals surface area contributed by atoms with E-state index in [0.29, 0.717) is 12.1 Å². The van der Waals surface area contributed by atoms with E-state index in [-0.39, 0.29) is 0 Å². The summed E-state index contributed by atoms with van der Waals surface area (Å²) in [7, 11) is 4.17.